The zero-order chi connectivity index (χ0) is 16.7. The average Bonchev–Trinajstić information content (AvgIpc) is 2.44. The summed E-state index contributed by atoms with van der Waals surface area (Å²) >= 11 is 0. The fourth-order valence-corrected chi connectivity index (χ4v) is 2.01. The highest BCUT2D eigenvalue weighted by atomic mass is 16.5. The summed E-state index contributed by atoms with van der Waals surface area (Å²) in [6.07, 6.45) is 0.490. The van der Waals surface area contributed by atoms with Crippen LogP contribution in [-0.2, 0) is 14.3 Å². The molecule has 0 aliphatic heterocycles. The maximum absolute atomic E-state index is 12.3. The van der Waals surface area contributed by atoms with Gasteiger partial charge in [0.15, 0.2) is 0 Å². The van der Waals surface area contributed by atoms with E-state index in [0.717, 1.165) is 0 Å². The van der Waals surface area contributed by atoms with Crippen molar-refractivity contribution >= 4 is 23.5 Å². The Labute approximate surface area is 130 Å². The van der Waals surface area contributed by atoms with Crippen LogP contribution in [0.25, 0.3) is 0 Å². The lowest BCUT2D eigenvalue weighted by Gasteiger charge is -2.18. The largest absolute Gasteiger partial charge is 0.467 e. The Kier molecular flexibility index (Phi) is 6.56. The maximum atomic E-state index is 12.3. The van der Waals surface area contributed by atoms with Gasteiger partial charge in [0.25, 0.3) is 5.91 Å². The lowest BCUT2D eigenvalue weighted by atomic mass is 10.0. The SMILES string of the molecule is COC(=O)[C@@H](CC(C)C)NC(=O)c1cccc(NC(C)=O)c1. The summed E-state index contributed by atoms with van der Waals surface area (Å²) in [4.78, 5) is 35.0. The standard InChI is InChI=1S/C16H22N2O4/c1-10(2)8-14(16(21)22-4)18-15(20)12-6-5-7-13(9-12)17-11(3)19/h5-7,9-10,14H,8H2,1-4H3,(H,17,19)(H,18,20)/t14-/m1/s1. The number of ether oxygens (including phenoxy) is 1. The van der Waals surface area contributed by atoms with Crippen molar-refractivity contribution in [2.75, 3.05) is 12.4 Å². The topological polar surface area (TPSA) is 84.5 Å². The fraction of sp³-hybridized carbons (Fsp3) is 0.438. The first-order valence-corrected chi connectivity index (χ1v) is 7.09. The number of carbonyl (C=O) groups excluding carboxylic acids is 3. The summed E-state index contributed by atoms with van der Waals surface area (Å²) in [7, 11) is 1.29. The highest BCUT2D eigenvalue weighted by Crippen LogP contribution is 2.12. The smallest absolute Gasteiger partial charge is 0.328 e. The minimum absolute atomic E-state index is 0.218. The Morgan fingerprint density at radius 3 is 2.45 bits per heavy atom. The van der Waals surface area contributed by atoms with Crippen LogP contribution < -0.4 is 10.6 Å². The van der Waals surface area contributed by atoms with E-state index in [0.29, 0.717) is 17.7 Å². The van der Waals surface area contributed by atoms with Crippen LogP contribution in [0.1, 0.15) is 37.6 Å². The number of methoxy groups -OCH3 is 1. The molecule has 120 valence electrons. The first kappa shape index (κ1) is 17.7. The average molecular weight is 306 g/mol. The van der Waals surface area contributed by atoms with Crippen molar-refractivity contribution in [2.24, 2.45) is 5.92 Å². The Hall–Kier alpha value is -2.37. The molecule has 0 aromatic heterocycles. The number of hydrogen-bond acceptors (Lipinski definition) is 4. The molecule has 1 atom stereocenters. The molecular formula is C16H22N2O4. The molecule has 1 aromatic rings. The highest BCUT2D eigenvalue weighted by Gasteiger charge is 2.23. The minimum atomic E-state index is -0.693. The van der Waals surface area contributed by atoms with E-state index in [1.807, 2.05) is 13.8 Å². The Morgan fingerprint density at radius 2 is 1.91 bits per heavy atom. The third-order valence-electron chi connectivity index (χ3n) is 2.94. The normalized spacial score (nSPS) is 11.7. The number of hydrogen-bond donors (Lipinski definition) is 2. The second-order valence-electron chi connectivity index (χ2n) is 5.44. The van der Waals surface area contributed by atoms with Crippen molar-refractivity contribution in [3.8, 4) is 0 Å². The molecule has 0 saturated heterocycles. The van der Waals surface area contributed by atoms with Gasteiger partial charge < -0.3 is 15.4 Å². The monoisotopic (exact) mass is 306 g/mol. The number of anilines is 1. The molecule has 0 radical (unpaired) electrons. The number of carbonyl (C=O) groups is 3. The molecule has 1 rings (SSSR count). The summed E-state index contributed by atoms with van der Waals surface area (Å²) in [6, 6.07) is 5.83. The summed E-state index contributed by atoms with van der Waals surface area (Å²) in [5, 5.41) is 5.28. The molecule has 2 N–H and O–H groups in total. The number of benzene rings is 1. The summed E-state index contributed by atoms with van der Waals surface area (Å²) < 4.78 is 4.72. The van der Waals surface area contributed by atoms with Crippen LogP contribution in [0.3, 0.4) is 0 Å². The van der Waals surface area contributed by atoms with E-state index >= 15 is 0 Å². The van der Waals surface area contributed by atoms with Crippen molar-refractivity contribution in [1.82, 2.24) is 5.32 Å². The van der Waals surface area contributed by atoms with Gasteiger partial charge in [-0.1, -0.05) is 19.9 Å². The van der Waals surface area contributed by atoms with Crippen molar-refractivity contribution in [1.29, 1.82) is 0 Å². The third kappa shape index (κ3) is 5.55. The van der Waals surface area contributed by atoms with Gasteiger partial charge in [0, 0.05) is 18.2 Å². The molecule has 0 bridgehead atoms. The molecule has 0 aliphatic rings. The van der Waals surface area contributed by atoms with Gasteiger partial charge in [-0.3, -0.25) is 9.59 Å². The van der Waals surface area contributed by atoms with Gasteiger partial charge in [0.2, 0.25) is 5.91 Å². The van der Waals surface area contributed by atoms with Crippen LogP contribution in [0, 0.1) is 5.92 Å². The van der Waals surface area contributed by atoms with Crippen molar-refractivity contribution in [3.05, 3.63) is 29.8 Å². The molecule has 6 nitrogen and oxygen atoms in total. The molecule has 0 saturated carbocycles. The zero-order valence-corrected chi connectivity index (χ0v) is 13.3. The number of esters is 1. The van der Waals surface area contributed by atoms with E-state index in [1.165, 1.54) is 14.0 Å². The van der Waals surface area contributed by atoms with Crippen LogP contribution >= 0.6 is 0 Å². The molecule has 2 amide bonds. The molecule has 0 aliphatic carbocycles. The summed E-state index contributed by atoms with van der Waals surface area (Å²) in [6.45, 7) is 5.31. The quantitative estimate of drug-likeness (QED) is 0.787. The molecule has 0 unspecified atom stereocenters. The van der Waals surface area contributed by atoms with Gasteiger partial charge in [0.05, 0.1) is 7.11 Å². The van der Waals surface area contributed by atoms with Crippen LogP contribution in [0.2, 0.25) is 0 Å². The van der Waals surface area contributed by atoms with Crippen LogP contribution in [0.15, 0.2) is 24.3 Å². The van der Waals surface area contributed by atoms with Gasteiger partial charge in [-0.25, -0.2) is 4.79 Å². The second-order valence-corrected chi connectivity index (χ2v) is 5.44. The predicted octanol–water partition coefficient (Wildman–Crippen LogP) is 1.96. The lowest BCUT2D eigenvalue weighted by Crippen LogP contribution is -2.42. The summed E-state index contributed by atoms with van der Waals surface area (Å²) in [5.74, 6) is -0.844. The van der Waals surface area contributed by atoms with E-state index in [2.05, 4.69) is 10.6 Å². The molecule has 0 spiro atoms. The van der Waals surface area contributed by atoms with Crippen LogP contribution in [0.4, 0.5) is 5.69 Å². The van der Waals surface area contributed by atoms with E-state index in [1.54, 1.807) is 24.3 Å². The molecule has 0 fully saturated rings. The van der Waals surface area contributed by atoms with Crippen molar-refractivity contribution in [3.63, 3.8) is 0 Å². The van der Waals surface area contributed by atoms with E-state index in [4.69, 9.17) is 4.74 Å². The van der Waals surface area contributed by atoms with Crippen molar-refractivity contribution in [2.45, 2.75) is 33.2 Å². The minimum Gasteiger partial charge on any atom is -0.467 e. The predicted molar refractivity (Wildman–Crippen MR) is 83.5 cm³/mol. The van der Waals surface area contributed by atoms with E-state index in [-0.39, 0.29) is 17.7 Å². The van der Waals surface area contributed by atoms with Crippen LogP contribution in [-0.4, -0.2) is 30.9 Å². The van der Waals surface area contributed by atoms with Gasteiger partial charge in [0.1, 0.15) is 6.04 Å². The molecule has 0 heterocycles. The van der Waals surface area contributed by atoms with E-state index in [9.17, 15) is 14.4 Å². The highest BCUT2D eigenvalue weighted by molar-refractivity contribution is 5.98. The summed E-state index contributed by atoms with van der Waals surface area (Å²) in [5.41, 5.74) is 0.891. The number of amides is 2. The van der Waals surface area contributed by atoms with Crippen LogP contribution in [0.5, 0.6) is 0 Å². The lowest BCUT2D eigenvalue weighted by molar-refractivity contribution is -0.143. The van der Waals surface area contributed by atoms with Gasteiger partial charge in [-0.15, -0.1) is 0 Å². The third-order valence-corrected chi connectivity index (χ3v) is 2.94. The fourth-order valence-electron chi connectivity index (χ4n) is 2.01. The first-order valence-electron chi connectivity index (χ1n) is 7.09. The Balaban J connectivity index is 2.85. The van der Waals surface area contributed by atoms with Gasteiger partial charge in [-0.2, -0.15) is 0 Å². The molecule has 1 aromatic carbocycles. The maximum Gasteiger partial charge on any atom is 0.328 e. The number of nitrogens with one attached hydrogen (secondary N) is 2. The molecule has 22 heavy (non-hydrogen) atoms. The number of rotatable bonds is 6. The molecular weight excluding hydrogens is 284 g/mol. The zero-order valence-electron chi connectivity index (χ0n) is 13.3. The second kappa shape index (κ2) is 8.17. The van der Waals surface area contributed by atoms with Crippen molar-refractivity contribution < 1.29 is 19.1 Å². The Morgan fingerprint density at radius 1 is 1.23 bits per heavy atom. The van der Waals surface area contributed by atoms with E-state index < -0.39 is 12.0 Å². The molecule has 6 heteroatoms. The van der Waals surface area contributed by atoms with Gasteiger partial charge in [-0.05, 0) is 30.5 Å². The first-order chi connectivity index (χ1) is 10.3. The Bertz CT molecular complexity index is 555. The van der Waals surface area contributed by atoms with Gasteiger partial charge >= 0.3 is 5.97 Å².